The van der Waals surface area contributed by atoms with Gasteiger partial charge in [-0.05, 0) is 54.8 Å². The molecule has 0 saturated carbocycles. The molecule has 104 valence electrons. The van der Waals surface area contributed by atoms with E-state index in [-0.39, 0.29) is 0 Å². The lowest BCUT2D eigenvalue weighted by molar-refractivity contribution is -0.105. The van der Waals surface area contributed by atoms with Crippen LogP contribution in [0.5, 0.6) is 5.75 Å². The van der Waals surface area contributed by atoms with E-state index in [1.807, 2.05) is 50.2 Å². The van der Waals surface area contributed by atoms with Gasteiger partial charge in [0.1, 0.15) is 12.4 Å². The number of benzene rings is 2. The van der Waals surface area contributed by atoms with Gasteiger partial charge in [0, 0.05) is 10.7 Å². The summed E-state index contributed by atoms with van der Waals surface area (Å²) in [5.41, 5.74) is 3.79. The molecule has 1 N–H and O–H groups in total. The summed E-state index contributed by atoms with van der Waals surface area (Å²) in [6, 6.07) is 11.4. The SMILES string of the molecule is Cc1cc(OCc2cccc(Cl)c2)cc(C)c1NC=O. The molecule has 4 heteroatoms. The summed E-state index contributed by atoms with van der Waals surface area (Å²) in [7, 11) is 0. The van der Waals surface area contributed by atoms with Crippen molar-refractivity contribution in [1.29, 1.82) is 0 Å². The van der Waals surface area contributed by atoms with Gasteiger partial charge >= 0.3 is 0 Å². The molecule has 0 saturated heterocycles. The number of halogens is 1. The molecular weight excluding hydrogens is 274 g/mol. The summed E-state index contributed by atoms with van der Waals surface area (Å²) in [4.78, 5) is 10.6. The Balaban J connectivity index is 2.12. The fraction of sp³-hybridized carbons (Fsp3) is 0.188. The summed E-state index contributed by atoms with van der Waals surface area (Å²) in [5, 5.41) is 3.40. The van der Waals surface area contributed by atoms with Gasteiger partial charge in [0.25, 0.3) is 0 Å². The van der Waals surface area contributed by atoms with E-state index in [4.69, 9.17) is 16.3 Å². The largest absolute Gasteiger partial charge is 0.489 e. The van der Waals surface area contributed by atoms with Crippen LogP contribution in [0.4, 0.5) is 5.69 Å². The van der Waals surface area contributed by atoms with Crippen molar-refractivity contribution in [3.63, 3.8) is 0 Å². The average molecular weight is 290 g/mol. The van der Waals surface area contributed by atoms with Gasteiger partial charge in [0.05, 0.1) is 0 Å². The fourth-order valence-corrected chi connectivity index (χ4v) is 2.30. The molecule has 0 radical (unpaired) electrons. The van der Waals surface area contributed by atoms with Gasteiger partial charge in [0.2, 0.25) is 6.41 Å². The minimum absolute atomic E-state index is 0.458. The minimum Gasteiger partial charge on any atom is -0.489 e. The Morgan fingerprint density at radius 2 is 1.90 bits per heavy atom. The van der Waals surface area contributed by atoms with Crippen LogP contribution < -0.4 is 10.1 Å². The van der Waals surface area contributed by atoms with Crippen LogP contribution in [0.1, 0.15) is 16.7 Å². The highest BCUT2D eigenvalue weighted by molar-refractivity contribution is 6.30. The highest BCUT2D eigenvalue weighted by Crippen LogP contribution is 2.26. The third kappa shape index (κ3) is 3.52. The maximum atomic E-state index is 10.6. The van der Waals surface area contributed by atoms with Crippen molar-refractivity contribution >= 4 is 23.7 Å². The molecule has 0 fully saturated rings. The first-order valence-electron chi connectivity index (χ1n) is 6.29. The lowest BCUT2D eigenvalue weighted by Crippen LogP contribution is -2.01. The molecule has 0 unspecified atom stereocenters. The number of rotatable bonds is 5. The van der Waals surface area contributed by atoms with Crippen molar-refractivity contribution in [2.45, 2.75) is 20.5 Å². The summed E-state index contributed by atoms with van der Waals surface area (Å²) in [6.45, 7) is 4.33. The highest BCUT2D eigenvalue weighted by atomic mass is 35.5. The van der Waals surface area contributed by atoms with Gasteiger partial charge in [-0.1, -0.05) is 23.7 Å². The third-order valence-electron chi connectivity index (χ3n) is 3.00. The molecule has 0 atom stereocenters. The standard InChI is InChI=1S/C16H16ClNO2/c1-11-6-15(7-12(2)16(11)18-10-19)20-9-13-4-3-5-14(17)8-13/h3-8,10H,9H2,1-2H3,(H,18,19). The number of aryl methyl sites for hydroxylation is 2. The van der Waals surface area contributed by atoms with E-state index in [2.05, 4.69) is 5.32 Å². The molecule has 2 rings (SSSR count). The van der Waals surface area contributed by atoms with Crippen molar-refractivity contribution in [2.75, 3.05) is 5.32 Å². The zero-order valence-corrected chi connectivity index (χ0v) is 12.2. The number of ether oxygens (including phenoxy) is 1. The van der Waals surface area contributed by atoms with Gasteiger partial charge in [-0.2, -0.15) is 0 Å². The number of carbonyl (C=O) groups excluding carboxylic acids is 1. The Bertz CT molecular complexity index is 603. The van der Waals surface area contributed by atoms with Crippen LogP contribution in [0.2, 0.25) is 5.02 Å². The molecule has 0 aliphatic heterocycles. The van der Waals surface area contributed by atoms with E-state index in [1.165, 1.54) is 0 Å². The second-order valence-corrected chi connectivity index (χ2v) is 5.05. The van der Waals surface area contributed by atoms with Crippen molar-refractivity contribution in [3.05, 3.63) is 58.1 Å². The number of amides is 1. The average Bonchev–Trinajstić information content (AvgIpc) is 2.41. The van der Waals surface area contributed by atoms with E-state index in [9.17, 15) is 4.79 Å². The smallest absolute Gasteiger partial charge is 0.211 e. The fourth-order valence-electron chi connectivity index (χ4n) is 2.09. The molecule has 0 aromatic heterocycles. The van der Waals surface area contributed by atoms with Crippen LogP contribution in [0.3, 0.4) is 0 Å². The molecule has 0 heterocycles. The molecule has 0 spiro atoms. The van der Waals surface area contributed by atoms with Crippen LogP contribution in [0.15, 0.2) is 36.4 Å². The first-order chi connectivity index (χ1) is 9.60. The molecule has 1 amide bonds. The van der Waals surface area contributed by atoms with Crippen LogP contribution in [0.25, 0.3) is 0 Å². The van der Waals surface area contributed by atoms with E-state index in [1.54, 1.807) is 0 Å². The Labute approximate surface area is 123 Å². The Morgan fingerprint density at radius 1 is 1.20 bits per heavy atom. The molecule has 0 aliphatic rings. The molecule has 20 heavy (non-hydrogen) atoms. The second-order valence-electron chi connectivity index (χ2n) is 4.61. The van der Waals surface area contributed by atoms with Crippen molar-refractivity contribution < 1.29 is 9.53 Å². The Kier molecular flexibility index (Phi) is 4.64. The molecule has 0 bridgehead atoms. The quantitative estimate of drug-likeness (QED) is 0.842. The second kappa shape index (κ2) is 6.44. The number of anilines is 1. The Morgan fingerprint density at radius 3 is 2.50 bits per heavy atom. The summed E-state index contributed by atoms with van der Waals surface area (Å²) >= 11 is 5.94. The number of carbonyl (C=O) groups is 1. The van der Waals surface area contributed by atoms with Gasteiger partial charge in [0.15, 0.2) is 0 Å². The third-order valence-corrected chi connectivity index (χ3v) is 3.24. The van der Waals surface area contributed by atoms with Crippen LogP contribution in [-0.2, 0) is 11.4 Å². The molecule has 2 aromatic carbocycles. The molecule has 0 aliphatic carbocycles. The zero-order valence-electron chi connectivity index (χ0n) is 11.4. The summed E-state index contributed by atoms with van der Waals surface area (Å²) in [6.07, 6.45) is 0.682. The van der Waals surface area contributed by atoms with E-state index in [0.29, 0.717) is 18.0 Å². The summed E-state index contributed by atoms with van der Waals surface area (Å²) < 4.78 is 5.77. The van der Waals surface area contributed by atoms with Crippen LogP contribution >= 0.6 is 11.6 Å². The van der Waals surface area contributed by atoms with E-state index in [0.717, 1.165) is 28.1 Å². The summed E-state index contributed by atoms with van der Waals surface area (Å²) in [5.74, 6) is 0.774. The van der Waals surface area contributed by atoms with Crippen LogP contribution in [0, 0.1) is 13.8 Å². The topological polar surface area (TPSA) is 38.3 Å². The maximum absolute atomic E-state index is 10.6. The van der Waals surface area contributed by atoms with Gasteiger partial charge in [-0.3, -0.25) is 4.79 Å². The monoisotopic (exact) mass is 289 g/mol. The lowest BCUT2D eigenvalue weighted by atomic mass is 10.1. The van der Waals surface area contributed by atoms with Crippen LogP contribution in [-0.4, -0.2) is 6.41 Å². The predicted octanol–water partition coefficient (Wildman–Crippen LogP) is 4.10. The lowest BCUT2D eigenvalue weighted by Gasteiger charge is -2.12. The number of hydrogen-bond acceptors (Lipinski definition) is 2. The molecular formula is C16H16ClNO2. The highest BCUT2D eigenvalue weighted by Gasteiger charge is 2.05. The van der Waals surface area contributed by atoms with Gasteiger partial charge in [-0.25, -0.2) is 0 Å². The normalized spacial score (nSPS) is 10.2. The maximum Gasteiger partial charge on any atom is 0.211 e. The Hall–Kier alpha value is -2.00. The first-order valence-corrected chi connectivity index (χ1v) is 6.66. The minimum atomic E-state index is 0.458. The molecule has 3 nitrogen and oxygen atoms in total. The van der Waals surface area contributed by atoms with E-state index < -0.39 is 0 Å². The van der Waals surface area contributed by atoms with Gasteiger partial charge in [-0.15, -0.1) is 0 Å². The van der Waals surface area contributed by atoms with Crippen molar-refractivity contribution in [2.24, 2.45) is 0 Å². The zero-order chi connectivity index (χ0) is 14.5. The van der Waals surface area contributed by atoms with Crippen molar-refractivity contribution in [1.82, 2.24) is 0 Å². The number of hydrogen-bond donors (Lipinski definition) is 1. The first kappa shape index (κ1) is 14.4. The van der Waals surface area contributed by atoms with E-state index >= 15 is 0 Å². The predicted molar refractivity (Wildman–Crippen MR) is 81.4 cm³/mol. The van der Waals surface area contributed by atoms with Crippen molar-refractivity contribution in [3.8, 4) is 5.75 Å². The molecule has 2 aromatic rings. The number of nitrogens with one attached hydrogen (secondary N) is 1. The van der Waals surface area contributed by atoms with Gasteiger partial charge < -0.3 is 10.1 Å².